The molecule has 2 nitrogen and oxygen atoms in total. The van der Waals surface area contributed by atoms with Gasteiger partial charge in [-0.15, -0.1) is 0 Å². The van der Waals surface area contributed by atoms with Gasteiger partial charge >= 0.3 is 0 Å². The van der Waals surface area contributed by atoms with Gasteiger partial charge in [0.2, 0.25) is 5.91 Å². The van der Waals surface area contributed by atoms with Crippen LogP contribution in [-0.4, -0.2) is 23.9 Å². The number of carbonyl (C=O) groups is 1. The minimum absolute atomic E-state index is 0.188. The molecule has 0 radical (unpaired) electrons. The Morgan fingerprint density at radius 3 is 2.80 bits per heavy atom. The van der Waals surface area contributed by atoms with Crippen molar-refractivity contribution in [3.05, 3.63) is 58.0 Å². The second-order valence-corrected chi connectivity index (χ2v) is 5.97. The number of rotatable bonds is 3. The van der Waals surface area contributed by atoms with Gasteiger partial charge in [0.25, 0.3) is 0 Å². The highest BCUT2D eigenvalue weighted by Crippen LogP contribution is 2.27. The quantitative estimate of drug-likeness (QED) is 0.847. The van der Waals surface area contributed by atoms with Gasteiger partial charge in [0.15, 0.2) is 0 Å². The number of hydrogen-bond donors (Lipinski definition) is 0. The van der Waals surface area contributed by atoms with Crippen LogP contribution in [0, 0.1) is 5.82 Å². The predicted molar refractivity (Wildman–Crippen MR) is 78.4 cm³/mol. The number of likely N-dealkylation sites (tertiary alicyclic amines) is 1. The molecule has 0 spiro atoms. The molecule has 1 unspecified atom stereocenters. The molecular formula is C16H16FNOS. The molecule has 1 aliphatic heterocycles. The highest BCUT2D eigenvalue weighted by Gasteiger charge is 2.27. The first kappa shape index (κ1) is 13.3. The molecule has 0 saturated carbocycles. The van der Waals surface area contributed by atoms with Crippen LogP contribution in [0.4, 0.5) is 4.39 Å². The van der Waals surface area contributed by atoms with Crippen LogP contribution in [-0.2, 0) is 11.2 Å². The van der Waals surface area contributed by atoms with Crippen LogP contribution in [0.1, 0.15) is 23.5 Å². The summed E-state index contributed by atoms with van der Waals surface area (Å²) in [6.07, 6.45) is 1.45. The van der Waals surface area contributed by atoms with Crippen LogP contribution >= 0.6 is 11.3 Å². The summed E-state index contributed by atoms with van der Waals surface area (Å²) in [4.78, 5) is 14.1. The molecule has 4 heteroatoms. The van der Waals surface area contributed by atoms with Crippen LogP contribution in [0.2, 0.25) is 0 Å². The van der Waals surface area contributed by atoms with Gasteiger partial charge in [-0.1, -0.05) is 12.1 Å². The Morgan fingerprint density at radius 2 is 2.10 bits per heavy atom. The van der Waals surface area contributed by atoms with E-state index in [-0.39, 0.29) is 11.7 Å². The van der Waals surface area contributed by atoms with Gasteiger partial charge < -0.3 is 4.90 Å². The predicted octanol–water partition coefficient (Wildman–Crippen LogP) is 3.45. The minimum atomic E-state index is -0.211. The van der Waals surface area contributed by atoms with Crippen molar-refractivity contribution in [3.8, 4) is 0 Å². The molecule has 0 N–H and O–H groups in total. The molecule has 1 fully saturated rings. The summed E-state index contributed by atoms with van der Waals surface area (Å²) in [6, 6.07) is 8.63. The Kier molecular flexibility index (Phi) is 3.83. The number of hydrogen-bond acceptors (Lipinski definition) is 2. The Bertz CT molecular complexity index is 579. The number of carbonyl (C=O) groups excluding carboxylic acids is 1. The molecule has 20 heavy (non-hydrogen) atoms. The lowest BCUT2D eigenvalue weighted by atomic mass is 9.99. The van der Waals surface area contributed by atoms with Crippen molar-refractivity contribution in [1.82, 2.24) is 4.90 Å². The van der Waals surface area contributed by atoms with Crippen molar-refractivity contribution < 1.29 is 9.18 Å². The molecule has 1 aromatic heterocycles. The molecular weight excluding hydrogens is 273 g/mol. The number of benzene rings is 1. The summed E-state index contributed by atoms with van der Waals surface area (Å²) in [5.74, 6) is 0.312. The molecule has 1 amide bonds. The van der Waals surface area contributed by atoms with Gasteiger partial charge in [0, 0.05) is 19.0 Å². The van der Waals surface area contributed by atoms with Crippen LogP contribution in [0.5, 0.6) is 0 Å². The standard InChI is InChI=1S/C16H16FNOS/c17-15-3-1-13(2-4-15)14-5-7-18(10-14)16(19)9-12-6-8-20-11-12/h1-4,6,8,11,14H,5,7,9-10H2. The number of amides is 1. The van der Waals surface area contributed by atoms with Crippen LogP contribution in [0.15, 0.2) is 41.1 Å². The third kappa shape index (κ3) is 2.90. The smallest absolute Gasteiger partial charge is 0.227 e. The number of thiophene rings is 1. The minimum Gasteiger partial charge on any atom is -0.342 e. The zero-order valence-electron chi connectivity index (χ0n) is 11.1. The first-order valence-electron chi connectivity index (χ1n) is 6.76. The molecule has 0 bridgehead atoms. The summed E-state index contributed by atoms with van der Waals surface area (Å²) in [5, 5.41) is 4.01. The van der Waals surface area contributed by atoms with Crippen LogP contribution < -0.4 is 0 Å². The third-order valence-corrected chi connectivity index (χ3v) is 4.55. The van der Waals surface area contributed by atoms with Crippen LogP contribution in [0.25, 0.3) is 0 Å². The average Bonchev–Trinajstić information content (AvgIpc) is 3.10. The average molecular weight is 289 g/mol. The first-order chi connectivity index (χ1) is 9.72. The second kappa shape index (κ2) is 5.75. The summed E-state index contributed by atoms with van der Waals surface area (Å²) in [5.41, 5.74) is 2.21. The maximum absolute atomic E-state index is 12.9. The lowest BCUT2D eigenvalue weighted by Gasteiger charge is -2.16. The normalized spacial score (nSPS) is 18.4. The molecule has 1 saturated heterocycles. The van der Waals surface area contributed by atoms with Gasteiger partial charge in [-0.2, -0.15) is 11.3 Å². The number of halogens is 1. The zero-order chi connectivity index (χ0) is 13.9. The van der Waals surface area contributed by atoms with E-state index in [1.54, 1.807) is 11.3 Å². The molecule has 2 heterocycles. The van der Waals surface area contributed by atoms with Gasteiger partial charge in [0.1, 0.15) is 5.82 Å². The van der Waals surface area contributed by atoms with E-state index in [1.165, 1.54) is 12.1 Å². The fourth-order valence-corrected chi connectivity index (χ4v) is 3.34. The zero-order valence-corrected chi connectivity index (χ0v) is 11.9. The first-order valence-corrected chi connectivity index (χ1v) is 7.71. The summed E-state index contributed by atoms with van der Waals surface area (Å²) in [7, 11) is 0. The van der Waals surface area contributed by atoms with E-state index in [9.17, 15) is 9.18 Å². The third-order valence-electron chi connectivity index (χ3n) is 3.82. The molecule has 1 atom stereocenters. The van der Waals surface area contributed by atoms with Crippen molar-refractivity contribution in [2.45, 2.75) is 18.8 Å². The Balaban J connectivity index is 1.61. The lowest BCUT2D eigenvalue weighted by molar-refractivity contribution is -0.129. The van der Waals surface area contributed by atoms with E-state index >= 15 is 0 Å². The van der Waals surface area contributed by atoms with Crippen molar-refractivity contribution in [2.75, 3.05) is 13.1 Å². The highest BCUT2D eigenvalue weighted by atomic mass is 32.1. The van der Waals surface area contributed by atoms with Gasteiger partial charge in [-0.25, -0.2) is 4.39 Å². The Labute approximate surface area is 121 Å². The SMILES string of the molecule is O=C(Cc1ccsc1)N1CCC(c2ccc(F)cc2)C1. The van der Waals surface area contributed by atoms with E-state index in [1.807, 2.05) is 33.9 Å². The van der Waals surface area contributed by atoms with Crippen molar-refractivity contribution in [2.24, 2.45) is 0 Å². The van der Waals surface area contributed by atoms with E-state index in [2.05, 4.69) is 0 Å². The van der Waals surface area contributed by atoms with Gasteiger partial charge in [-0.3, -0.25) is 4.79 Å². The van der Waals surface area contributed by atoms with Gasteiger partial charge in [0.05, 0.1) is 6.42 Å². The van der Waals surface area contributed by atoms with Gasteiger partial charge in [-0.05, 0) is 46.5 Å². The maximum atomic E-state index is 12.9. The maximum Gasteiger partial charge on any atom is 0.227 e. The van der Waals surface area contributed by atoms with E-state index in [0.717, 1.165) is 30.6 Å². The fourth-order valence-electron chi connectivity index (χ4n) is 2.67. The largest absolute Gasteiger partial charge is 0.342 e. The van der Waals surface area contributed by atoms with Crippen LogP contribution in [0.3, 0.4) is 0 Å². The Morgan fingerprint density at radius 1 is 1.30 bits per heavy atom. The molecule has 1 aromatic carbocycles. The summed E-state index contributed by atoms with van der Waals surface area (Å²) >= 11 is 1.62. The number of nitrogens with zero attached hydrogens (tertiary/aromatic N) is 1. The van der Waals surface area contributed by atoms with Crippen molar-refractivity contribution in [1.29, 1.82) is 0 Å². The Hall–Kier alpha value is -1.68. The molecule has 3 rings (SSSR count). The van der Waals surface area contributed by atoms with E-state index < -0.39 is 0 Å². The molecule has 2 aromatic rings. The highest BCUT2D eigenvalue weighted by molar-refractivity contribution is 7.07. The molecule has 0 aliphatic carbocycles. The van der Waals surface area contributed by atoms with E-state index in [4.69, 9.17) is 0 Å². The monoisotopic (exact) mass is 289 g/mol. The van der Waals surface area contributed by atoms with E-state index in [0.29, 0.717) is 12.3 Å². The summed E-state index contributed by atoms with van der Waals surface area (Å²) < 4.78 is 12.9. The van der Waals surface area contributed by atoms with Crippen molar-refractivity contribution in [3.63, 3.8) is 0 Å². The molecule has 1 aliphatic rings. The fraction of sp³-hybridized carbons (Fsp3) is 0.312. The summed E-state index contributed by atoms with van der Waals surface area (Å²) in [6.45, 7) is 1.54. The molecule has 104 valence electrons. The topological polar surface area (TPSA) is 20.3 Å². The lowest BCUT2D eigenvalue weighted by Crippen LogP contribution is -2.29. The second-order valence-electron chi connectivity index (χ2n) is 5.19. The van der Waals surface area contributed by atoms with Crippen molar-refractivity contribution >= 4 is 17.2 Å².